The number of fused-ring (bicyclic) bond motifs is 1. The van der Waals surface area contributed by atoms with Gasteiger partial charge in [-0.1, -0.05) is 51.7 Å². The molecule has 1 heterocycles. The zero-order valence-corrected chi connectivity index (χ0v) is 10.9. The van der Waals surface area contributed by atoms with Crippen LogP contribution in [0.15, 0.2) is 24.4 Å². The zero-order chi connectivity index (χ0) is 12.1. The second-order valence-electron chi connectivity index (χ2n) is 4.97. The molecular formula is C15H22N2. The van der Waals surface area contributed by atoms with Gasteiger partial charge in [-0.05, 0) is 24.0 Å². The van der Waals surface area contributed by atoms with Crippen molar-refractivity contribution in [2.75, 3.05) is 0 Å². The number of unbranched alkanes of at least 4 members (excludes halogenated alkanes) is 3. The van der Waals surface area contributed by atoms with Gasteiger partial charge in [-0.3, -0.25) is 5.10 Å². The van der Waals surface area contributed by atoms with Crippen LogP contribution in [0.25, 0.3) is 10.9 Å². The van der Waals surface area contributed by atoms with Crippen LogP contribution in [-0.4, -0.2) is 10.2 Å². The molecule has 17 heavy (non-hydrogen) atoms. The van der Waals surface area contributed by atoms with E-state index in [2.05, 4.69) is 42.2 Å². The summed E-state index contributed by atoms with van der Waals surface area (Å²) in [4.78, 5) is 0. The topological polar surface area (TPSA) is 28.7 Å². The van der Waals surface area contributed by atoms with E-state index in [1.165, 1.54) is 43.1 Å². The van der Waals surface area contributed by atoms with Gasteiger partial charge in [0.1, 0.15) is 0 Å². The molecule has 1 aromatic heterocycles. The number of rotatable bonds is 6. The first-order valence-corrected chi connectivity index (χ1v) is 6.74. The highest BCUT2D eigenvalue weighted by atomic mass is 15.1. The Hall–Kier alpha value is -1.31. The molecule has 0 spiro atoms. The Kier molecular flexibility index (Phi) is 4.18. The van der Waals surface area contributed by atoms with E-state index in [1.807, 2.05) is 6.20 Å². The van der Waals surface area contributed by atoms with Gasteiger partial charge in [0, 0.05) is 5.39 Å². The van der Waals surface area contributed by atoms with Crippen molar-refractivity contribution in [1.29, 1.82) is 0 Å². The molecule has 1 aromatic carbocycles. The zero-order valence-electron chi connectivity index (χ0n) is 10.9. The first-order valence-electron chi connectivity index (χ1n) is 6.74. The van der Waals surface area contributed by atoms with E-state index >= 15 is 0 Å². The number of benzene rings is 1. The maximum absolute atomic E-state index is 4.06. The second-order valence-corrected chi connectivity index (χ2v) is 4.97. The summed E-state index contributed by atoms with van der Waals surface area (Å²) in [5.41, 5.74) is 2.58. The number of aromatic amines is 1. The fourth-order valence-electron chi connectivity index (χ4n) is 2.31. The number of hydrogen-bond acceptors (Lipinski definition) is 1. The maximum atomic E-state index is 4.06. The van der Waals surface area contributed by atoms with Crippen LogP contribution in [0.1, 0.15) is 57.4 Å². The highest BCUT2D eigenvalue weighted by Gasteiger charge is 2.06. The molecule has 0 aliphatic heterocycles. The third-order valence-corrected chi connectivity index (χ3v) is 3.53. The van der Waals surface area contributed by atoms with Crippen LogP contribution in [0.4, 0.5) is 0 Å². The molecule has 92 valence electrons. The molecule has 1 atom stereocenters. The van der Waals surface area contributed by atoms with Gasteiger partial charge in [0.25, 0.3) is 0 Å². The van der Waals surface area contributed by atoms with Crippen molar-refractivity contribution >= 4 is 10.9 Å². The monoisotopic (exact) mass is 230 g/mol. The number of H-pyrrole nitrogens is 1. The quantitative estimate of drug-likeness (QED) is 0.720. The molecule has 0 saturated carbocycles. The first-order chi connectivity index (χ1) is 8.31. The van der Waals surface area contributed by atoms with Crippen LogP contribution in [-0.2, 0) is 0 Å². The van der Waals surface area contributed by atoms with E-state index in [0.717, 1.165) is 5.52 Å². The standard InChI is InChI=1S/C15H22N2/c1-3-4-5-6-7-12(2)13-8-9-14-11-16-17-15(14)10-13/h8-12H,3-7H2,1-2H3,(H,16,17). The molecule has 2 aromatic rings. The van der Waals surface area contributed by atoms with E-state index in [4.69, 9.17) is 0 Å². The molecular weight excluding hydrogens is 208 g/mol. The van der Waals surface area contributed by atoms with Gasteiger partial charge in [0.2, 0.25) is 0 Å². The highest BCUT2D eigenvalue weighted by Crippen LogP contribution is 2.24. The van der Waals surface area contributed by atoms with Crippen molar-refractivity contribution in [3.63, 3.8) is 0 Å². The lowest BCUT2D eigenvalue weighted by atomic mass is 9.94. The van der Waals surface area contributed by atoms with Crippen LogP contribution < -0.4 is 0 Å². The summed E-state index contributed by atoms with van der Waals surface area (Å²) in [6.45, 7) is 4.58. The van der Waals surface area contributed by atoms with Gasteiger partial charge in [-0.2, -0.15) is 5.10 Å². The smallest absolute Gasteiger partial charge is 0.0653 e. The molecule has 1 N–H and O–H groups in total. The predicted octanol–water partition coefficient (Wildman–Crippen LogP) is 4.64. The number of nitrogens with one attached hydrogen (secondary N) is 1. The molecule has 0 aliphatic carbocycles. The molecule has 1 unspecified atom stereocenters. The SMILES string of the molecule is CCCCCCC(C)c1ccc2cn[nH]c2c1. The Morgan fingerprint density at radius 1 is 1.24 bits per heavy atom. The van der Waals surface area contributed by atoms with Crippen LogP contribution in [0.5, 0.6) is 0 Å². The summed E-state index contributed by atoms with van der Waals surface area (Å²) in [6.07, 6.45) is 8.56. The van der Waals surface area contributed by atoms with Crippen molar-refractivity contribution in [2.24, 2.45) is 0 Å². The van der Waals surface area contributed by atoms with Crippen LogP contribution in [0.3, 0.4) is 0 Å². The Morgan fingerprint density at radius 2 is 2.12 bits per heavy atom. The Morgan fingerprint density at radius 3 is 2.94 bits per heavy atom. The van der Waals surface area contributed by atoms with Crippen molar-refractivity contribution in [1.82, 2.24) is 10.2 Å². The molecule has 0 radical (unpaired) electrons. The van der Waals surface area contributed by atoms with Crippen LogP contribution >= 0.6 is 0 Å². The molecule has 0 aliphatic rings. The van der Waals surface area contributed by atoms with Gasteiger partial charge in [0.05, 0.1) is 11.7 Å². The summed E-state index contributed by atoms with van der Waals surface area (Å²) >= 11 is 0. The molecule has 0 bridgehead atoms. The average Bonchev–Trinajstić information content (AvgIpc) is 2.81. The normalized spacial score (nSPS) is 13.1. The fourth-order valence-corrected chi connectivity index (χ4v) is 2.31. The minimum Gasteiger partial charge on any atom is -0.278 e. The van der Waals surface area contributed by atoms with Crippen molar-refractivity contribution < 1.29 is 0 Å². The van der Waals surface area contributed by atoms with Crippen molar-refractivity contribution in [3.8, 4) is 0 Å². The maximum Gasteiger partial charge on any atom is 0.0653 e. The van der Waals surface area contributed by atoms with Crippen molar-refractivity contribution in [2.45, 2.75) is 51.9 Å². The summed E-state index contributed by atoms with van der Waals surface area (Å²) < 4.78 is 0. The van der Waals surface area contributed by atoms with Crippen LogP contribution in [0, 0.1) is 0 Å². The van der Waals surface area contributed by atoms with E-state index in [-0.39, 0.29) is 0 Å². The average molecular weight is 230 g/mol. The summed E-state index contributed by atoms with van der Waals surface area (Å²) in [6, 6.07) is 6.64. The van der Waals surface area contributed by atoms with E-state index in [0.29, 0.717) is 5.92 Å². The molecule has 2 heteroatoms. The third-order valence-electron chi connectivity index (χ3n) is 3.53. The Balaban J connectivity index is 1.95. The van der Waals surface area contributed by atoms with Crippen molar-refractivity contribution in [3.05, 3.63) is 30.0 Å². The molecule has 0 saturated heterocycles. The first kappa shape index (κ1) is 12.2. The van der Waals surface area contributed by atoms with Gasteiger partial charge >= 0.3 is 0 Å². The molecule has 0 amide bonds. The third kappa shape index (κ3) is 3.09. The van der Waals surface area contributed by atoms with Gasteiger partial charge in [0.15, 0.2) is 0 Å². The minimum absolute atomic E-state index is 0.652. The van der Waals surface area contributed by atoms with Gasteiger partial charge < -0.3 is 0 Å². The van der Waals surface area contributed by atoms with Gasteiger partial charge in [-0.15, -0.1) is 0 Å². The number of hydrogen-bond donors (Lipinski definition) is 1. The predicted molar refractivity (Wildman–Crippen MR) is 73.3 cm³/mol. The largest absolute Gasteiger partial charge is 0.278 e. The summed E-state index contributed by atoms with van der Waals surface area (Å²) in [7, 11) is 0. The van der Waals surface area contributed by atoms with E-state index < -0.39 is 0 Å². The summed E-state index contributed by atoms with van der Waals surface area (Å²) in [5, 5.41) is 8.31. The molecule has 2 rings (SSSR count). The molecule has 0 fully saturated rings. The molecule has 2 nitrogen and oxygen atoms in total. The number of nitrogens with zero attached hydrogens (tertiary/aromatic N) is 1. The number of aromatic nitrogens is 2. The second kappa shape index (κ2) is 5.85. The Labute approximate surface area is 103 Å². The summed E-state index contributed by atoms with van der Waals surface area (Å²) in [5.74, 6) is 0.652. The fraction of sp³-hybridized carbons (Fsp3) is 0.533. The minimum atomic E-state index is 0.652. The lowest BCUT2D eigenvalue weighted by Crippen LogP contribution is -1.93. The lowest BCUT2D eigenvalue weighted by molar-refractivity contribution is 0.580. The van der Waals surface area contributed by atoms with E-state index in [1.54, 1.807) is 0 Å². The highest BCUT2D eigenvalue weighted by molar-refractivity contribution is 5.78. The Bertz CT molecular complexity index is 459. The van der Waals surface area contributed by atoms with Crippen LogP contribution in [0.2, 0.25) is 0 Å². The van der Waals surface area contributed by atoms with E-state index in [9.17, 15) is 0 Å². The van der Waals surface area contributed by atoms with Gasteiger partial charge in [-0.25, -0.2) is 0 Å². The lowest BCUT2D eigenvalue weighted by Gasteiger charge is -2.11.